The molecule has 0 aliphatic heterocycles. The summed E-state index contributed by atoms with van der Waals surface area (Å²) in [6, 6.07) is 1.98. The third-order valence-corrected chi connectivity index (χ3v) is 1.71. The zero-order valence-corrected chi connectivity index (χ0v) is 7.22. The molecule has 0 unspecified atom stereocenters. The van der Waals surface area contributed by atoms with Crippen molar-refractivity contribution in [1.82, 2.24) is 4.98 Å². The van der Waals surface area contributed by atoms with Crippen LogP contribution in [0.15, 0.2) is 12.3 Å². The summed E-state index contributed by atoms with van der Waals surface area (Å²) in [5.74, 6) is 0.757. The number of aromatic nitrogens is 1. The summed E-state index contributed by atoms with van der Waals surface area (Å²) in [5.41, 5.74) is 2.36. The molecule has 0 bridgehead atoms. The molecule has 0 N–H and O–H groups in total. The first-order valence-corrected chi connectivity index (χ1v) is 3.80. The molecule has 0 radical (unpaired) electrons. The van der Waals surface area contributed by atoms with E-state index in [1.54, 1.807) is 6.20 Å². The summed E-state index contributed by atoms with van der Waals surface area (Å²) in [7, 11) is 0. The number of nitrogens with zero attached hydrogens (tertiary/aromatic N) is 1. The maximum Gasteiger partial charge on any atom is 0.216 e. The van der Waals surface area contributed by atoms with Gasteiger partial charge in [-0.05, 0) is 32.4 Å². The molecule has 60 valence electrons. The Bertz CT molecular complexity index is 245. The van der Waals surface area contributed by atoms with Crippen LogP contribution in [0.4, 0.5) is 0 Å². The van der Waals surface area contributed by atoms with Crippen LogP contribution in [0.2, 0.25) is 0 Å². The van der Waals surface area contributed by atoms with E-state index in [-0.39, 0.29) is 0 Å². The van der Waals surface area contributed by atoms with Crippen LogP contribution < -0.4 is 4.74 Å². The van der Waals surface area contributed by atoms with Gasteiger partial charge >= 0.3 is 0 Å². The van der Waals surface area contributed by atoms with Gasteiger partial charge in [-0.15, -0.1) is 0 Å². The van der Waals surface area contributed by atoms with Crippen molar-refractivity contribution < 1.29 is 4.74 Å². The van der Waals surface area contributed by atoms with Crippen molar-refractivity contribution in [2.45, 2.75) is 20.8 Å². The normalized spacial score (nSPS) is 9.73. The highest BCUT2D eigenvalue weighted by atomic mass is 16.5. The molecule has 1 heterocycles. The summed E-state index contributed by atoms with van der Waals surface area (Å²) >= 11 is 0. The number of aryl methyl sites for hydroxylation is 1. The smallest absolute Gasteiger partial charge is 0.216 e. The average Bonchev–Trinajstić information content (AvgIpc) is 1.99. The van der Waals surface area contributed by atoms with E-state index in [4.69, 9.17) is 4.74 Å². The molecule has 0 fully saturated rings. The lowest BCUT2D eigenvalue weighted by molar-refractivity contribution is 0.324. The van der Waals surface area contributed by atoms with Gasteiger partial charge in [0.1, 0.15) is 0 Å². The van der Waals surface area contributed by atoms with Crippen molar-refractivity contribution in [2.24, 2.45) is 0 Å². The SMILES string of the molecule is CCOc1nccc(C)c1C. The Morgan fingerprint density at radius 1 is 1.45 bits per heavy atom. The fourth-order valence-electron chi connectivity index (χ4n) is 0.890. The first-order chi connectivity index (χ1) is 5.25. The zero-order valence-electron chi connectivity index (χ0n) is 7.22. The van der Waals surface area contributed by atoms with Gasteiger partial charge in [-0.25, -0.2) is 4.98 Å². The molecule has 1 aromatic rings. The molecule has 1 aromatic heterocycles. The topological polar surface area (TPSA) is 22.1 Å². The highest BCUT2D eigenvalue weighted by Gasteiger charge is 2.00. The minimum absolute atomic E-state index is 0.678. The second kappa shape index (κ2) is 3.37. The Balaban J connectivity index is 2.96. The minimum Gasteiger partial charge on any atom is -0.478 e. The third kappa shape index (κ3) is 1.70. The van der Waals surface area contributed by atoms with E-state index in [2.05, 4.69) is 11.9 Å². The van der Waals surface area contributed by atoms with Crippen molar-refractivity contribution in [2.75, 3.05) is 6.61 Å². The van der Waals surface area contributed by atoms with Crippen LogP contribution in [-0.2, 0) is 0 Å². The predicted octanol–water partition coefficient (Wildman–Crippen LogP) is 2.10. The molecule has 1 rings (SSSR count). The second-order valence-corrected chi connectivity index (χ2v) is 2.49. The van der Waals surface area contributed by atoms with Crippen molar-refractivity contribution in [3.63, 3.8) is 0 Å². The van der Waals surface area contributed by atoms with Crippen LogP contribution in [0.3, 0.4) is 0 Å². The van der Waals surface area contributed by atoms with Crippen LogP contribution in [-0.4, -0.2) is 11.6 Å². The van der Waals surface area contributed by atoms with Crippen molar-refractivity contribution in [3.05, 3.63) is 23.4 Å². The molecule has 0 amide bonds. The van der Waals surface area contributed by atoms with E-state index in [9.17, 15) is 0 Å². The van der Waals surface area contributed by atoms with E-state index in [0.717, 1.165) is 11.4 Å². The number of rotatable bonds is 2. The standard InChI is InChI=1S/C9H13NO/c1-4-11-9-8(3)7(2)5-6-10-9/h5-6H,4H2,1-3H3. The molecule has 0 spiro atoms. The van der Waals surface area contributed by atoms with Crippen LogP contribution in [0.25, 0.3) is 0 Å². The van der Waals surface area contributed by atoms with Gasteiger partial charge in [-0.2, -0.15) is 0 Å². The monoisotopic (exact) mass is 151 g/mol. The fraction of sp³-hybridized carbons (Fsp3) is 0.444. The zero-order chi connectivity index (χ0) is 8.27. The van der Waals surface area contributed by atoms with E-state index in [1.807, 2.05) is 19.9 Å². The maximum absolute atomic E-state index is 5.31. The second-order valence-electron chi connectivity index (χ2n) is 2.49. The fourth-order valence-corrected chi connectivity index (χ4v) is 0.890. The molecule has 0 atom stereocenters. The molecule has 0 saturated heterocycles. The molecular weight excluding hydrogens is 138 g/mol. The van der Waals surface area contributed by atoms with Gasteiger partial charge in [0.05, 0.1) is 6.61 Å². The van der Waals surface area contributed by atoms with Crippen molar-refractivity contribution in [3.8, 4) is 5.88 Å². The van der Waals surface area contributed by atoms with Crippen LogP contribution in [0, 0.1) is 13.8 Å². The highest BCUT2D eigenvalue weighted by molar-refractivity contribution is 5.31. The Morgan fingerprint density at radius 3 is 2.82 bits per heavy atom. The van der Waals surface area contributed by atoms with Gasteiger partial charge in [-0.3, -0.25) is 0 Å². The Hall–Kier alpha value is -1.05. The summed E-state index contributed by atoms with van der Waals surface area (Å²) in [6.45, 7) is 6.72. The van der Waals surface area contributed by atoms with Gasteiger partial charge < -0.3 is 4.74 Å². The first-order valence-electron chi connectivity index (χ1n) is 3.80. The Labute approximate surface area is 67.2 Å². The summed E-state index contributed by atoms with van der Waals surface area (Å²) in [4.78, 5) is 4.11. The van der Waals surface area contributed by atoms with Gasteiger partial charge in [0.25, 0.3) is 0 Å². The molecule has 2 nitrogen and oxygen atoms in total. The first kappa shape index (κ1) is 8.05. The van der Waals surface area contributed by atoms with E-state index in [0.29, 0.717) is 6.61 Å². The van der Waals surface area contributed by atoms with Crippen LogP contribution in [0.1, 0.15) is 18.1 Å². The molecule has 0 aliphatic carbocycles. The molecular formula is C9H13NO. The molecule has 2 heteroatoms. The largest absolute Gasteiger partial charge is 0.478 e. The lowest BCUT2D eigenvalue weighted by Crippen LogP contribution is -1.97. The maximum atomic E-state index is 5.31. The van der Waals surface area contributed by atoms with Gasteiger partial charge in [-0.1, -0.05) is 0 Å². The summed E-state index contributed by atoms with van der Waals surface area (Å²) in [5, 5.41) is 0. The minimum atomic E-state index is 0.678. The highest BCUT2D eigenvalue weighted by Crippen LogP contribution is 2.16. The van der Waals surface area contributed by atoms with E-state index < -0.39 is 0 Å². The van der Waals surface area contributed by atoms with E-state index in [1.165, 1.54) is 5.56 Å². The lowest BCUT2D eigenvalue weighted by Gasteiger charge is -2.06. The van der Waals surface area contributed by atoms with E-state index >= 15 is 0 Å². The third-order valence-electron chi connectivity index (χ3n) is 1.71. The van der Waals surface area contributed by atoms with Crippen LogP contribution in [0.5, 0.6) is 5.88 Å². The summed E-state index contributed by atoms with van der Waals surface area (Å²) in [6.07, 6.45) is 1.77. The lowest BCUT2D eigenvalue weighted by atomic mass is 10.2. The Morgan fingerprint density at radius 2 is 2.18 bits per heavy atom. The average molecular weight is 151 g/mol. The number of pyridine rings is 1. The molecule has 0 saturated carbocycles. The van der Waals surface area contributed by atoms with Crippen molar-refractivity contribution >= 4 is 0 Å². The molecule has 11 heavy (non-hydrogen) atoms. The number of hydrogen-bond acceptors (Lipinski definition) is 2. The van der Waals surface area contributed by atoms with Gasteiger partial charge in [0.15, 0.2) is 0 Å². The predicted molar refractivity (Wildman–Crippen MR) is 44.9 cm³/mol. The number of ether oxygens (including phenoxy) is 1. The quantitative estimate of drug-likeness (QED) is 0.645. The Kier molecular flexibility index (Phi) is 2.47. The summed E-state index contributed by atoms with van der Waals surface area (Å²) < 4.78 is 5.31. The van der Waals surface area contributed by atoms with Gasteiger partial charge in [0, 0.05) is 11.8 Å². The van der Waals surface area contributed by atoms with Gasteiger partial charge in [0.2, 0.25) is 5.88 Å². The van der Waals surface area contributed by atoms with Crippen LogP contribution >= 0.6 is 0 Å². The number of hydrogen-bond donors (Lipinski definition) is 0. The molecule has 0 aliphatic rings. The molecule has 0 aromatic carbocycles. The van der Waals surface area contributed by atoms with Crippen molar-refractivity contribution in [1.29, 1.82) is 0 Å².